The number of hydrogen-bond donors (Lipinski definition) is 0. The molecule has 0 aliphatic carbocycles. The number of rotatable bonds is 9. The van der Waals surface area contributed by atoms with E-state index < -0.39 is 5.97 Å². The summed E-state index contributed by atoms with van der Waals surface area (Å²) in [6.45, 7) is 3.68. The highest BCUT2D eigenvalue weighted by Gasteiger charge is 2.03. The van der Waals surface area contributed by atoms with Gasteiger partial charge in [0.05, 0.1) is 13.2 Å². The van der Waals surface area contributed by atoms with Gasteiger partial charge in [0.25, 0.3) is 0 Å². The Morgan fingerprint density at radius 1 is 1.07 bits per heavy atom. The molecule has 87 valence electrons. The largest absolute Gasteiger partial charge is 0.461 e. The molecule has 0 bridgehead atoms. The zero-order valence-electron chi connectivity index (χ0n) is 8.97. The van der Waals surface area contributed by atoms with E-state index in [-0.39, 0.29) is 11.6 Å². The summed E-state index contributed by atoms with van der Waals surface area (Å²) < 4.78 is 4.81. The molecule has 0 aliphatic heterocycles. The summed E-state index contributed by atoms with van der Waals surface area (Å²) in [6.07, 6.45) is 5.79. The Morgan fingerprint density at radius 2 is 1.60 bits per heavy atom. The van der Waals surface area contributed by atoms with Crippen LogP contribution in [0.3, 0.4) is 0 Å². The van der Waals surface area contributed by atoms with E-state index in [1.807, 2.05) is 0 Å². The summed E-state index contributed by atoms with van der Waals surface area (Å²) in [5.41, 5.74) is 0. The fraction of sp³-hybridized carbons (Fsp3) is 0.727. The Morgan fingerprint density at radius 3 is 2.13 bits per heavy atom. The lowest BCUT2D eigenvalue weighted by Crippen LogP contribution is -2.04. The first-order valence-corrected chi connectivity index (χ1v) is 5.66. The Balaban J connectivity index is 3.11. The molecular weight excluding hydrogens is 216 g/mol. The maximum Gasteiger partial charge on any atom is 0.349 e. The van der Waals surface area contributed by atoms with E-state index in [4.69, 9.17) is 16.3 Å². The van der Waals surface area contributed by atoms with Gasteiger partial charge in [-0.3, -0.25) is 0 Å². The molecule has 0 unspecified atom stereocenters. The highest BCUT2D eigenvalue weighted by molar-refractivity contribution is 6.40. The van der Waals surface area contributed by atoms with E-state index in [0.717, 1.165) is 38.5 Å². The van der Waals surface area contributed by atoms with Gasteiger partial charge in [-0.05, 0) is 12.8 Å². The number of halogens is 1. The molecule has 0 aromatic heterocycles. The van der Waals surface area contributed by atoms with Crippen LogP contribution in [-0.4, -0.2) is 19.2 Å². The fourth-order valence-corrected chi connectivity index (χ4v) is 1.21. The van der Waals surface area contributed by atoms with Crippen LogP contribution in [-0.2, 0) is 14.6 Å². The molecule has 0 aromatic rings. The zero-order chi connectivity index (χ0) is 11.5. The molecule has 0 saturated carbocycles. The average Bonchev–Trinajstić information content (AvgIpc) is 2.21. The Bertz CT molecular complexity index is 192. The van der Waals surface area contributed by atoms with Crippen molar-refractivity contribution in [1.82, 2.24) is 0 Å². The predicted molar refractivity (Wildman–Crippen MR) is 59.2 cm³/mol. The second-order valence-corrected chi connectivity index (χ2v) is 3.82. The lowest BCUT2D eigenvalue weighted by atomic mass is 10.1. The molecule has 0 aromatic carbocycles. The second-order valence-electron chi connectivity index (χ2n) is 3.37. The third-order valence-corrected chi connectivity index (χ3v) is 2.15. The van der Waals surface area contributed by atoms with Crippen LogP contribution in [0, 0.1) is 0 Å². The molecule has 0 rings (SSSR count). The molecule has 0 atom stereocenters. The Kier molecular flexibility index (Phi) is 9.63. The first-order chi connectivity index (χ1) is 7.18. The van der Waals surface area contributed by atoms with Gasteiger partial charge in [0.2, 0.25) is 0 Å². The smallest absolute Gasteiger partial charge is 0.349 e. The first kappa shape index (κ1) is 14.5. The van der Waals surface area contributed by atoms with E-state index in [1.165, 1.54) is 0 Å². The van der Waals surface area contributed by atoms with Gasteiger partial charge >= 0.3 is 5.97 Å². The summed E-state index contributed by atoms with van der Waals surface area (Å²) in [4.78, 5) is 10.8. The zero-order valence-corrected chi connectivity index (χ0v) is 9.72. The normalized spacial score (nSPS) is 10.0. The third-order valence-electron chi connectivity index (χ3n) is 1.99. The molecule has 0 N–H and O–H groups in total. The van der Waals surface area contributed by atoms with Crippen molar-refractivity contribution in [2.75, 3.05) is 13.2 Å². The maximum absolute atomic E-state index is 10.8. The summed E-state index contributed by atoms with van der Waals surface area (Å²) in [5.74, 6) is -0.539. The van der Waals surface area contributed by atoms with Gasteiger partial charge in [-0.2, -0.15) is 0 Å². The molecular formula is C11H18ClO3. The van der Waals surface area contributed by atoms with Crippen molar-refractivity contribution in [3.8, 4) is 0 Å². The molecule has 0 heterocycles. The quantitative estimate of drug-likeness (QED) is 0.349. The van der Waals surface area contributed by atoms with Crippen molar-refractivity contribution in [1.29, 1.82) is 0 Å². The van der Waals surface area contributed by atoms with Crippen LogP contribution in [0.5, 0.6) is 0 Å². The summed E-state index contributed by atoms with van der Waals surface area (Å²) >= 11 is 5.33. The number of unbranched alkanes of at least 4 members (excludes halogenated alkanes) is 5. The van der Waals surface area contributed by atoms with Crippen molar-refractivity contribution < 1.29 is 14.6 Å². The predicted octanol–water partition coefficient (Wildman–Crippen LogP) is 3.05. The monoisotopic (exact) mass is 233 g/mol. The van der Waals surface area contributed by atoms with Gasteiger partial charge in [-0.15, -0.1) is 0 Å². The SMILES string of the molecule is C=C(Cl)C(=O)OCCCCCCCC[O]. The second kappa shape index (κ2) is 9.99. The lowest BCUT2D eigenvalue weighted by Gasteiger charge is -2.03. The van der Waals surface area contributed by atoms with Gasteiger partial charge in [0.1, 0.15) is 5.03 Å². The summed E-state index contributed by atoms with van der Waals surface area (Å²) in [5, 5.41) is 10.0. The van der Waals surface area contributed by atoms with Crippen LogP contribution >= 0.6 is 11.6 Å². The maximum atomic E-state index is 10.8. The molecule has 0 amide bonds. The highest BCUT2D eigenvalue weighted by Crippen LogP contribution is 2.06. The number of carbonyl (C=O) groups is 1. The van der Waals surface area contributed by atoms with Crippen molar-refractivity contribution in [2.24, 2.45) is 0 Å². The minimum atomic E-state index is -0.539. The van der Waals surface area contributed by atoms with Gasteiger partial charge in [-0.1, -0.05) is 43.9 Å². The standard InChI is InChI=1S/C11H18ClO3/c1-10(12)11(14)15-9-7-5-3-2-4-6-8-13/h1-9H2. The van der Waals surface area contributed by atoms with E-state index in [9.17, 15) is 9.90 Å². The molecule has 3 nitrogen and oxygen atoms in total. The van der Waals surface area contributed by atoms with Gasteiger partial charge in [0.15, 0.2) is 0 Å². The van der Waals surface area contributed by atoms with Crippen LogP contribution in [0.2, 0.25) is 0 Å². The van der Waals surface area contributed by atoms with Crippen molar-refractivity contribution in [3.63, 3.8) is 0 Å². The van der Waals surface area contributed by atoms with Crippen LogP contribution in [0.15, 0.2) is 11.6 Å². The number of esters is 1. The lowest BCUT2D eigenvalue weighted by molar-refractivity contribution is -0.138. The molecule has 1 radical (unpaired) electrons. The number of ether oxygens (including phenoxy) is 1. The molecule has 4 heteroatoms. The number of hydrogen-bond acceptors (Lipinski definition) is 2. The summed E-state index contributed by atoms with van der Waals surface area (Å²) in [7, 11) is 0. The Labute approximate surface area is 96.1 Å². The van der Waals surface area contributed by atoms with E-state index in [2.05, 4.69) is 6.58 Å². The molecule has 0 fully saturated rings. The third kappa shape index (κ3) is 9.76. The van der Waals surface area contributed by atoms with Crippen LogP contribution in [0.25, 0.3) is 0 Å². The van der Waals surface area contributed by atoms with Crippen molar-refractivity contribution >= 4 is 17.6 Å². The van der Waals surface area contributed by atoms with Crippen molar-refractivity contribution in [3.05, 3.63) is 11.6 Å². The van der Waals surface area contributed by atoms with Crippen LogP contribution in [0.1, 0.15) is 38.5 Å². The van der Waals surface area contributed by atoms with E-state index in [1.54, 1.807) is 0 Å². The molecule has 0 spiro atoms. The Hall–Kier alpha value is -0.540. The van der Waals surface area contributed by atoms with Gasteiger partial charge in [-0.25, -0.2) is 9.90 Å². The molecule has 15 heavy (non-hydrogen) atoms. The fourth-order valence-electron chi connectivity index (χ4n) is 1.15. The van der Waals surface area contributed by atoms with Crippen LogP contribution in [0.4, 0.5) is 0 Å². The highest BCUT2D eigenvalue weighted by atomic mass is 35.5. The minimum absolute atomic E-state index is 0.0233. The first-order valence-electron chi connectivity index (χ1n) is 5.28. The summed E-state index contributed by atoms with van der Waals surface area (Å²) in [6, 6.07) is 0. The average molecular weight is 234 g/mol. The van der Waals surface area contributed by atoms with Crippen molar-refractivity contribution in [2.45, 2.75) is 38.5 Å². The van der Waals surface area contributed by atoms with Gasteiger partial charge < -0.3 is 4.74 Å². The minimum Gasteiger partial charge on any atom is -0.461 e. The van der Waals surface area contributed by atoms with E-state index in [0.29, 0.717) is 6.61 Å². The van der Waals surface area contributed by atoms with Crippen LogP contribution < -0.4 is 0 Å². The topological polar surface area (TPSA) is 46.2 Å². The van der Waals surface area contributed by atoms with Gasteiger partial charge in [0, 0.05) is 0 Å². The van der Waals surface area contributed by atoms with E-state index >= 15 is 0 Å². The molecule has 0 saturated heterocycles. The number of carbonyl (C=O) groups excluding carboxylic acids is 1. The molecule has 0 aliphatic rings.